The zero-order valence-electron chi connectivity index (χ0n) is 11.3. The van der Waals surface area contributed by atoms with Gasteiger partial charge in [0.2, 0.25) is 0 Å². The fourth-order valence-electron chi connectivity index (χ4n) is 1.66. The molecule has 0 aliphatic carbocycles. The Morgan fingerprint density at radius 2 is 2.10 bits per heavy atom. The first kappa shape index (κ1) is 16.3. The van der Waals surface area contributed by atoms with Crippen molar-refractivity contribution in [2.24, 2.45) is 0 Å². The van der Waals surface area contributed by atoms with Crippen molar-refractivity contribution < 1.29 is 19.4 Å². The number of benzene rings is 1. The van der Waals surface area contributed by atoms with E-state index in [4.69, 9.17) is 21.4 Å². The first-order chi connectivity index (χ1) is 9.54. The summed E-state index contributed by atoms with van der Waals surface area (Å²) in [5.41, 5.74) is 0.559. The quantitative estimate of drug-likeness (QED) is 0.757. The zero-order valence-corrected chi connectivity index (χ0v) is 12.0. The van der Waals surface area contributed by atoms with Gasteiger partial charge in [-0.2, -0.15) is 0 Å². The maximum Gasteiger partial charge on any atom is 0.407 e. The van der Waals surface area contributed by atoms with Crippen LogP contribution in [-0.4, -0.2) is 23.8 Å². The third kappa shape index (κ3) is 5.48. The van der Waals surface area contributed by atoms with Gasteiger partial charge in [-0.15, -0.1) is 0 Å². The summed E-state index contributed by atoms with van der Waals surface area (Å²) < 4.78 is 4.97. The minimum Gasteiger partial charge on any atom is -0.481 e. The summed E-state index contributed by atoms with van der Waals surface area (Å²) in [5, 5.41) is 11.9. The highest BCUT2D eigenvalue weighted by molar-refractivity contribution is 6.31. The molecule has 2 N–H and O–H groups in total. The van der Waals surface area contributed by atoms with Crippen LogP contribution in [0.1, 0.15) is 37.8 Å². The van der Waals surface area contributed by atoms with Crippen LogP contribution in [0.3, 0.4) is 0 Å². The molecule has 5 nitrogen and oxygen atoms in total. The van der Waals surface area contributed by atoms with Crippen molar-refractivity contribution >= 4 is 23.7 Å². The molecule has 0 radical (unpaired) electrons. The molecule has 0 aliphatic heterocycles. The van der Waals surface area contributed by atoms with E-state index in [1.165, 1.54) is 0 Å². The second-order valence-electron chi connectivity index (χ2n) is 4.31. The summed E-state index contributed by atoms with van der Waals surface area (Å²) in [6, 6.07) is 6.09. The number of halogens is 1. The molecule has 0 spiro atoms. The highest BCUT2D eigenvalue weighted by atomic mass is 35.5. The molecule has 1 unspecified atom stereocenters. The lowest BCUT2D eigenvalue weighted by molar-refractivity contribution is -0.137. The molecule has 0 saturated heterocycles. The Labute approximate surface area is 122 Å². The van der Waals surface area contributed by atoms with Crippen LogP contribution >= 0.6 is 11.6 Å². The number of aliphatic carboxylic acids is 1. The minimum absolute atomic E-state index is 0.257. The molecule has 20 heavy (non-hydrogen) atoms. The van der Waals surface area contributed by atoms with Crippen molar-refractivity contribution in [2.75, 3.05) is 6.61 Å². The van der Waals surface area contributed by atoms with E-state index in [2.05, 4.69) is 5.32 Å². The van der Waals surface area contributed by atoms with Crippen LogP contribution < -0.4 is 5.32 Å². The van der Waals surface area contributed by atoms with Gasteiger partial charge in [0.05, 0.1) is 19.1 Å². The van der Waals surface area contributed by atoms with Gasteiger partial charge in [-0.25, -0.2) is 4.79 Å². The van der Waals surface area contributed by atoms with Gasteiger partial charge in [0.25, 0.3) is 0 Å². The second-order valence-corrected chi connectivity index (χ2v) is 4.71. The Morgan fingerprint density at radius 3 is 2.70 bits per heavy atom. The van der Waals surface area contributed by atoms with Crippen molar-refractivity contribution in [3.05, 3.63) is 34.9 Å². The van der Waals surface area contributed by atoms with Crippen molar-refractivity contribution in [1.29, 1.82) is 0 Å². The Morgan fingerprint density at radius 1 is 1.40 bits per heavy atom. The molecule has 0 fully saturated rings. The first-order valence-electron chi connectivity index (χ1n) is 6.44. The van der Waals surface area contributed by atoms with Crippen LogP contribution in [-0.2, 0) is 9.53 Å². The van der Waals surface area contributed by atoms with E-state index < -0.39 is 18.1 Å². The predicted octanol–water partition coefficient (Wildman–Crippen LogP) is 3.38. The van der Waals surface area contributed by atoms with Crippen molar-refractivity contribution in [3.63, 3.8) is 0 Å². The van der Waals surface area contributed by atoms with E-state index in [0.717, 1.165) is 12.8 Å². The summed E-state index contributed by atoms with van der Waals surface area (Å²) in [7, 11) is 0. The van der Waals surface area contributed by atoms with Crippen molar-refractivity contribution in [2.45, 2.75) is 32.2 Å². The monoisotopic (exact) mass is 299 g/mol. The number of carbonyl (C=O) groups is 2. The Kier molecular flexibility index (Phi) is 6.87. The van der Waals surface area contributed by atoms with E-state index in [1.807, 2.05) is 6.92 Å². The lowest BCUT2D eigenvalue weighted by Gasteiger charge is -2.18. The van der Waals surface area contributed by atoms with Gasteiger partial charge in [0, 0.05) is 5.02 Å². The fourth-order valence-corrected chi connectivity index (χ4v) is 1.93. The van der Waals surface area contributed by atoms with Crippen molar-refractivity contribution in [1.82, 2.24) is 5.32 Å². The lowest BCUT2D eigenvalue weighted by atomic mass is 10.0. The van der Waals surface area contributed by atoms with Crippen LogP contribution in [0.25, 0.3) is 0 Å². The maximum absolute atomic E-state index is 11.6. The number of ether oxygens (including phenoxy) is 1. The molecule has 1 rings (SSSR count). The van der Waals surface area contributed by atoms with E-state index in [1.54, 1.807) is 24.3 Å². The molecule has 110 valence electrons. The highest BCUT2D eigenvalue weighted by Gasteiger charge is 2.20. The van der Waals surface area contributed by atoms with Crippen LogP contribution in [0.4, 0.5) is 4.79 Å². The van der Waals surface area contributed by atoms with E-state index >= 15 is 0 Å². The number of carbonyl (C=O) groups excluding carboxylic acids is 1. The number of hydrogen-bond donors (Lipinski definition) is 2. The molecule has 0 saturated carbocycles. The van der Waals surface area contributed by atoms with Gasteiger partial charge in [-0.3, -0.25) is 4.79 Å². The van der Waals surface area contributed by atoms with Crippen molar-refractivity contribution in [3.8, 4) is 0 Å². The molecule has 1 aromatic rings. The second kappa shape index (κ2) is 8.43. The standard InChI is InChI=1S/C14H18ClNO4/c1-2-3-8-20-14(19)16-12(9-13(17)18)10-6-4-5-7-11(10)15/h4-7,12H,2-3,8-9H2,1H3,(H,16,19)(H,17,18). The van der Waals surface area contributed by atoms with Crippen LogP contribution in [0.2, 0.25) is 5.02 Å². The van der Waals surface area contributed by atoms with Gasteiger partial charge in [0.1, 0.15) is 0 Å². The number of carboxylic acids is 1. The molecular weight excluding hydrogens is 282 g/mol. The van der Waals surface area contributed by atoms with Gasteiger partial charge in [-0.1, -0.05) is 43.1 Å². The Hall–Kier alpha value is -1.75. The van der Waals surface area contributed by atoms with Gasteiger partial charge in [-0.05, 0) is 18.1 Å². The number of unbranched alkanes of at least 4 members (excludes halogenated alkanes) is 1. The zero-order chi connectivity index (χ0) is 15.0. The molecule has 0 aromatic heterocycles. The molecule has 0 heterocycles. The molecule has 1 atom stereocenters. The summed E-state index contributed by atoms with van der Waals surface area (Å²) >= 11 is 6.03. The number of hydrogen-bond acceptors (Lipinski definition) is 3. The van der Waals surface area contributed by atoms with Gasteiger partial charge < -0.3 is 15.2 Å². The van der Waals surface area contributed by atoms with E-state index in [9.17, 15) is 9.59 Å². The normalized spacial score (nSPS) is 11.7. The molecule has 1 aromatic carbocycles. The SMILES string of the molecule is CCCCOC(=O)NC(CC(=O)O)c1ccccc1Cl. The molecule has 1 amide bonds. The van der Waals surface area contributed by atoms with Gasteiger partial charge in [0.15, 0.2) is 0 Å². The van der Waals surface area contributed by atoms with Crippen LogP contribution in [0, 0.1) is 0 Å². The summed E-state index contributed by atoms with van der Waals surface area (Å²) in [6.45, 7) is 2.29. The molecule has 0 bridgehead atoms. The first-order valence-corrected chi connectivity index (χ1v) is 6.82. The summed E-state index contributed by atoms with van der Waals surface area (Å²) in [5.74, 6) is -1.02. The largest absolute Gasteiger partial charge is 0.481 e. The Balaban J connectivity index is 2.72. The lowest BCUT2D eigenvalue weighted by Crippen LogP contribution is -2.31. The number of carboxylic acid groups (broad SMARTS) is 1. The number of rotatable bonds is 7. The van der Waals surface area contributed by atoms with Crippen LogP contribution in [0.5, 0.6) is 0 Å². The molecule has 0 aliphatic rings. The van der Waals surface area contributed by atoms with Gasteiger partial charge >= 0.3 is 12.1 Å². The summed E-state index contributed by atoms with van der Waals surface area (Å²) in [4.78, 5) is 22.5. The third-order valence-corrected chi connectivity index (χ3v) is 3.03. The maximum atomic E-state index is 11.6. The fraction of sp³-hybridized carbons (Fsp3) is 0.429. The van der Waals surface area contributed by atoms with Crippen LogP contribution in [0.15, 0.2) is 24.3 Å². The number of nitrogens with one attached hydrogen (secondary N) is 1. The third-order valence-electron chi connectivity index (χ3n) is 2.68. The average molecular weight is 300 g/mol. The van der Waals surface area contributed by atoms with E-state index in [-0.39, 0.29) is 6.42 Å². The summed E-state index contributed by atoms with van der Waals surface area (Å²) in [6.07, 6.45) is 0.788. The average Bonchev–Trinajstić information content (AvgIpc) is 2.38. The predicted molar refractivity (Wildman–Crippen MR) is 75.8 cm³/mol. The number of alkyl carbamates (subject to hydrolysis) is 1. The molecule has 6 heteroatoms. The highest BCUT2D eigenvalue weighted by Crippen LogP contribution is 2.25. The smallest absolute Gasteiger partial charge is 0.407 e. The minimum atomic E-state index is -1.02. The Bertz CT molecular complexity index is 464. The molecular formula is C14H18ClNO4. The topological polar surface area (TPSA) is 75.6 Å². The van der Waals surface area contributed by atoms with E-state index in [0.29, 0.717) is 17.2 Å². The number of amides is 1.